The number of fused-ring (bicyclic) bond motifs is 1. The molecule has 0 saturated carbocycles. The van der Waals surface area contributed by atoms with Gasteiger partial charge in [0, 0.05) is 42.0 Å². The molecule has 0 unspecified atom stereocenters. The summed E-state index contributed by atoms with van der Waals surface area (Å²) in [6.07, 6.45) is -0.730. The maximum atomic E-state index is 12.5. The number of hydrogen-bond acceptors (Lipinski definition) is 6. The number of halogens is 3. The van der Waals surface area contributed by atoms with Gasteiger partial charge in [0.1, 0.15) is 11.5 Å². The van der Waals surface area contributed by atoms with Gasteiger partial charge in [0.25, 0.3) is 5.91 Å². The Morgan fingerprint density at radius 3 is 2.71 bits per heavy atom. The van der Waals surface area contributed by atoms with Crippen molar-refractivity contribution in [3.05, 3.63) is 59.5 Å². The molecular formula is C18H14F3N5OS. The first-order chi connectivity index (χ1) is 13.3. The minimum Gasteiger partial charge on any atom is -0.395 e. The number of amides is 1. The van der Waals surface area contributed by atoms with E-state index in [-0.39, 0.29) is 11.4 Å². The smallest absolute Gasteiger partial charge is 0.395 e. The van der Waals surface area contributed by atoms with Crippen LogP contribution in [0.4, 0.5) is 13.2 Å². The molecule has 6 nitrogen and oxygen atoms in total. The van der Waals surface area contributed by atoms with Crippen LogP contribution in [0, 0.1) is 0 Å². The first-order valence-electron chi connectivity index (χ1n) is 7.89. The summed E-state index contributed by atoms with van der Waals surface area (Å²) in [4.78, 5) is 25.3. The average molecular weight is 405 g/mol. The summed E-state index contributed by atoms with van der Waals surface area (Å²) in [6, 6.07) is 6.73. The van der Waals surface area contributed by atoms with Crippen molar-refractivity contribution in [2.45, 2.75) is 6.18 Å². The predicted octanol–water partition coefficient (Wildman–Crippen LogP) is 3.52. The van der Waals surface area contributed by atoms with Gasteiger partial charge >= 0.3 is 6.18 Å². The van der Waals surface area contributed by atoms with Crippen molar-refractivity contribution in [2.24, 2.45) is 10.7 Å². The first kappa shape index (κ1) is 19.5. The number of nitrogens with two attached hydrogens (primary N) is 1. The molecule has 3 N–H and O–H groups in total. The lowest BCUT2D eigenvalue weighted by molar-refractivity contribution is -0.0925. The molecule has 0 bridgehead atoms. The second-order valence-electron chi connectivity index (χ2n) is 5.66. The van der Waals surface area contributed by atoms with Crippen LogP contribution in [0.2, 0.25) is 0 Å². The maximum absolute atomic E-state index is 12.5. The third kappa shape index (κ3) is 4.34. The largest absolute Gasteiger partial charge is 0.430 e. The van der Waals surface area contributed by atoms with Crippen LogP contribution >= 0.6 is 11.3 Å². The number of nitrogens with one attached hydrogen (secondary N) is 1. The highest BCUT2D eigenvalue weighted by Gasteiger charge is 2.31. The lowest BCUT2D eigenvalue weighted by Gasteiger charge is -2.09. The molecule has 0 spiro atoms. The van der Waals surface area contributed by atoms with Gasteiger partial charge in [-0.3, -0.25) is 19.8 Å². The number of thiazole rings is 1. The van der Waals surface area contributed by atoms with E-state index in [9.17, 15) is 18.0 Å². The molecule has 10 heteroatoms. The molecule has 2 aromatic heterocycles. The fraction of sp³-hybridized carbons (Fsp3) is 0.111. The molecule has 0 fully saturated rings. The van der Waals surface area contributed by atoms with Crippen LogP contribution in [0.5, 0.6) is 0 Å². The molecule has 3 rings (SSSR count). The minimum absolute atomic E-state index is 0.227. The van der Waals surface area contributed by atoms with Gasteiger partial charge in [-0.05, 0) is 18.2 Å². The Labute approximate surface area is 161 Å². The molecule has 28 heavy (non-hydrogen) atoms. The van der Waals surface area contributed by atoms with Crippen molar-refractivity contribution in [1.82, 2.24) is 15.3 Å². The van der Waals surface area contributed by atoms with Gasteiger partial charge in [0.15, 0.2) is 0 Å². The number of rotatable bonds is 3. The van der Waals surface area contributed by atoms with Crippen LogP contribution in [0.15, 0.2) is 58.9 Å². The summed E-state index contributed by atoms with van der Waals surface area (Å²) in [6.45, 7) is 0. The standard InChI is InChI=1S/C18H14F3N5OS/c1-23-16(6-15(22)18(19,20)21)26-17(27)11-3-2-10-4-12(7-25-13(10)5-11)14-8-24-9-28-14/h2-9H,22H2,1H3,(H,23,26,27)/b15-6-. The summed E-state index contributed by atoms with van der Waals surface area (Å²) < 4.78 is 37.6. The Bertz CT molecular complexity index is 1070. The van der Waals surface area contributed by atoms with Crippen molar-refractivity contribution in [3.8, 4) is 10.4 Å². The number of hydrogen-bond donors (Lipinski definition) is 2. The van der Waals surface area contributed by atoms with E-state index in [0.29, 0.717) is 11.6 Å². The number of benzene rings is 1. The predicted molar refractivity (Wildman–Crippen MR) is 102 cm³/mol. The third-order valence-electron chi connectivity index (χ3n) is 3.77. The molecule has 0 aliphatic carbocycles. The molecule has 0 radical (unpaired) electrons. The van der Waals surface area contributed by atoms with Gasteiger partial charge in [0.05, 0.1) is 15.9 Å². The summed E-state index contributed by atoms with van der Waals surface area (Å²) in [7, 11) is 1.25. The molecule has 144 valence electrons. The Morgan fingerprint density at radius 2 is 2.07 bits per heavy atom. The second kappa shape index (κ2) is 7.77. The van der Waals surface area contributed by atoms with Crippen molar-refractivity contribution >= 4 is 34.0 Å². The van der Waals surface area contributed by atoms with Crippen LogP contribution in [-0.4, -0.2) is 34.9 Å². The lowest BCUT2D eigenvalue weighted by atomic mass is 10.1. The Kier molecular flexibility index (Phi) is 5.41. The van der Waals surface area contributed by atoms with Crippen LogP contribution in [0.3, 0.4) is 0 Å². The maximum Gasteiger partial charge on any atom is 0.430 e. The first-order valence-corrected chi connectivity index (χ1v) is 8.77. The average Bonchev–Trinajstić information content (AvgIpc) is 3.20. The van der Waals surface area contributed by atoms with Gasteiger partial charge in [-0.1, -0.05) is 6.07 Å². The van der Waals surface area contributed by atoms with Gasteiger partial charge in [-0.2, -0.15) is 13.2 Å². The zero-order valence-corrected chi connectivity index (χ0v) is 15.3. The Balaban J connectivity index is 1.83. The molecule has 0 atom stereocenters. The quantitative estimate of drug-likeness (QED) is 0.515. The third-order valence-corrected chi connectivity index (χ3v) is 4.59. The number of aliphatic imine (C=N–C) groups is 1. The zero-order valence-electron chi connectivity index (χ0n) is 14.5. The summed E-state index contributed by atoms with van der Waals surface area (Å²) in [5.74, 6) is -0.921. The zero-order chi connectivity index (χ0) is 20.3. The summed E-state index contributed by atoms with van der Waals surface area (Å²) in [5, 5.41) is 3.12. The Morgan fingerprint density at radius 1 is 1.29 bits per heavy atom. The number of nitrogens with zero attached hydrogens (tertiary/aromatic N) is 3. The minimum atomic E-state index is -4.71. The highest BCUT2D eigenvalue weighted by atomic mass is 32.1. The molecule has 0 saturated heterocycles. The SMILES string of the molecule is CN=C(/C=C(\N)C(F)(F)F)NC(=O)c1ccc2cc(-c3cncs3)cnc2c1. The topological polar surface area (TPSA) is 93.3 Å². The number of carbonyl (C=O) groups is 1. The van der Waals surface area contributed by atoms with Crippen LogP contribution in [-0.2, 0) is 0 Å². The van der Waals surface area contributed by atoms with Gasteiger partial charge in [0.2, 0.25) is 0 Å². The number of carbonyl (C=O) groups excluding carboxylic acids is 1. The van der Waals surface area contributed by atoms with E-state index in [1.165, 1.54) is 18.4 Å². The fourth-order valence-electron chi connectivity index (χ4n) is 2.33. The monoisotopic (exact) mass is 405 g/mol. The van der Waals surface area contributed by atoms with E-state index in [2.05, 4.69) is 20.3 Å². The van der Waals surface area contributed by atoms with E-state index in [1.54, 1.807) is 36.1 Å². The molecule has 0 aliphatic heterocycles. The summed E-state index contributed by atoms with van der Waals surface area (Å²) in [5.41, 5.74) is 7.03. The van der Waals surface area contributed by atoms with E-state index in [4.69, 9.17) is 5.73 Å². The van der Waals surface area contributed by atoms with E-state index in [0.717, 1.165) is 15.8 Å². The van der Waals surface area contributed by atoms with Crippen LogP contribution < -0.4 is 11.1 Å². The number of alkyl halides is 3. The van der Waals surface area contributed by atoms with Crippen molar-refractivity contribution < 1.29 is 18.0 Å². The number of amidine groups is 1. The van der Waals surface area contributed by atoms with Crippen molar-refractivity contribution in [3.63, 3.8) is 0 Å². The van der Waals surface area contributed by atoms with Gasteiger partial charge in [-0.25, -0.2) is 0 Å². The normalized spacial score (nSPS) is 13.0. The molecule has 3 aromatic rings. The lowest BCUT2D eigenvalue weighted by Crippen LogP contribution is -2.31. The van der Waals surface area contributed by atoms with E-state index in [1.807, 2.05) is 6.07 Å². The van der Waals surface area contributed by atoms with Crippen LogP contribution in [0.25, 0.3) is 21.3 Å². The van der Waals surface area contributed by atoms with Crippen molar-refractivity contribution in [1.29, 1.82) is 0 Å². The molecule has 2 heterocycles. The Hall–Kier alpha value is -3.27. The summed E-state index contributed by atoms with van der Waals surface area (Å²) >= 11 is 1.48. The molecule has 1 aromatic carbocycles. The number of aromatic nitrogens is 2. The highest BCUT2D eigenvalue weighted by Crippen LogP contribution is 2.26. The molecular weight excluding hydrogens is 391 g/mol. The highest BCUT2D eigenvalue weighted by molar-refractivity contribution is 7.13. The number of pyridine rings is 1. The van der Waals surface area contributed by atoms with Crippen molar-refractivity contribution in [2.75, 3.05) is 7.05 Å². The molecule has 1 amide bonds. The van der Waals surface area contributed by atoms with E-state index >= 15 is 0 Å². The molecule has 0 aliphatic rings. The second-order valence-corrected chi connectivity index (χ2v) is 6.54. The fourth-order valence-corrected chi connectivity index (χ4v) is 2.93. The van der Waals surface area contributed by atoms with Gasteiger partial charge < -0.3 is 11.1 Å². The van der Waals surface area contributed by atoms with Gasteiger partial charge in [-0.15, -0.1) is 11.3 Å². The number of allylic oxidation sites excluding steroid dienone is 1. The van der Waals surface area contributed by atoms with E-state index < -0.39 is 17.8 Å². The van der Waals surface area contributed by atoms with Crippen LogP contribution in [0.1, 0.15) is 10.4 Å².